The quantitative estimate of drug-likeness (QED) is 0.844. The zero-order valence-electron chi connectivity index (χ0n) is 9.53. The van der Waals surface area contributed by atoms with Gasteiger partial charge in [-0.2, -0.15) is 0 Å². The van der Waals surface area contributed by atoms with Crippen LogP contribution in [0.25, 0.3) is 0 Å². The molecule has 0 radical (unpaired) electrons. The highest BCUT2D eigenvalue weighted by Crippen LogP contribution is 2.23. The van der Waals surface area contributed by atoms with E-state index in [0.717, 1.165) is 30.3 Å². The third-order valence-electron chi connectivity index (χ3n) is 2.78. The van der Waals surface area contributed by atoms with Gasteiger partial charge >= 0.3 is 0 Å². The highest BCUT2D eigenvalue weighted by atomic mass is 32.1. The van der Waals surface area contributed by atoms with E-state index in [2.05, 4.69) is 12.2 Å². The first-order valence-corrected chi connectivity index (χ1v) is 6.24. The predicted molar refractivity (Wildman–Crippen MR) is 64.2 cm³/mol. The number of ether oxygens (including phenoxy) is 1. The topological polar surface area (TPSA) is 41.6 Å². The summed E-state index contributed by atoms with van der Waals surface area (Å²) < 4.78 is 5.09. The second kappa shape index (κ2) is 4.84. The first kappa shape index (κ1) is 11.4. The fourth-order valence-electron chi connectivity index (χ4n) is 1.82. The number of nitrogens with zero attached hydrogens (tertiary/aromatic N) is 1. The van der Waals surface area contributed by atoms with Gasteiger partial charge in [-0.25, -0.2) is 0 Å². The minimum absolute atomic E-state index is 0.113. The lowest BCUT2D eigenvalue weighted by molar-refractivity contribution is 0.0660. The highest BCUT2D eigenvalue weighted by molar-refractivity contribution is 7.12. The lowest BCUT2D eigenvalue weighted by atomic mass is 10.2. The minimum atomic E-state index is 0.113. The van der Waals surface area contributed by atoms with Crippen LogP contribution >= 0.6 is 11.3 Å². The van der Waals surface area contributed by atoms with Crippen LogP contribution in [0.15, 0.2) is 11.4 Å². The summed E-state index contributed by atoms with van der Waals surface area (Å²) in [5.74, 6) is 0.874. The van der Waals surface area contributed by atoms with Crippen molar-refractivity contribution in [1.82, 2.24) is 10.2 Å². The molecule has 1 aromatic rings. The summed E-state index contributed by atoms with van der Waals surface area (Å²) >= 11 is 1.44. The van der Waals surface area contributed by atoms with E-state index in [1.165, 1.54) is 11.3 Å². The molecule has 0 bridgehead atoms. The number of carbonyl (C=O) groups excluding carboxylic acids is 1. The number of nitrogens with one attached hydrogen (secondary N) is 1. The maximum absolute atomic E-state index is 12.2. The number of hydrogen-bond acceptors (Lipinski definition) is 4. The van der Waals surface area contributed by atoms with Crippen molar-refractivity contribution in [2.24, 2.45) is 0 Å². The van der Waals surface area contributed by atoms with Crippen LogP contribution in [0.3, 0.4) is 0 Å². The first-order valence-electron chi connectivity index (χ1n) is 5.36. The summed E-state index contributed by atoms with van der Waals surface area (Å²) in [7, 11) is 1.61. The number of rotatable bonds is 2. The number of amides is 1. The van der Waals surface area contributed by atoms with Gasteiger partial charge in [0.15, 0.2) is 0 Å². The molecule has 1 N–H and O–H groups in total. The lowest BCUT2D eigenvalue weighted by Crippen LogP contribution is -2.52. The molecule has 16 heavy (non-hydrogen) atoms. The van der Waals surface area contributed by atoms with Crippen molar-refractivity contribution in [2.45, 2.75) is 13.0 Å². The molecule has 2 rings (SSSR count). The Morgan fingerprint density at radius 1 is 1.69 bits per heavy atom. The second-order valence-electron chi connectivity index (χ2n) is 3.90. The summed E-state index contributed by atoms with van der Waals surface area (Å²) in [6, 6.07) is 2.07. The van der Waals surface area contributed by atoms with E-state index in [0.29, 0.717) is 0 Å². The van der Waals surface area contributed by atoms with E-state index < -0.39 is 0 Å². The van der Waals surface area contributed by atoms with Gasteiger partial charge in [-0.15, -0.1) is 11.3 Å². The fraction of sp³-hybridized carbons (Fsp3) is 0.545. The molecule has 1 fully saturated rings. The summed E-state index contributed by atoms with van der Waals surface area (Å²) in [6.07, 6.45) is 0. The Balaban J connectivity index is 2.11. The Bertz CT molecular complexity index is 378. The largest absolute Gasteiger partial charge is 0.496 e. The van der Waals surface area contributed by atoms with Crippen molar-refractivity contribution in [2.75, 3.05) is 26.7 Å². The number of piperazine rings is 1. The third-order valence-corrected chi connectivity index (χ3v) is 3.68. The molecule has 4 nitrogen and oxygen atoms in total. The highest BCUT2D eigenvalue weighted by Gasteiger charge is 2.25. The fourth-order valence-corrected chi connectivity index (χ4v) is 2.63. The van der Waals surface area contributed by atoms with Crippen LogP contribution in [0.1, 0.15) is 16.6 Å². The Morgan fingerprint density at radius 2 is 2.50 bits per heavy atom. The van der Waals surface area contributed by atoms with Crippen LogP contribution in [-0.4, -0.2) is 43.6 Å². The second-order valence-corrected chi connectivity index (χ2v) is 4.81. The Kier molecular flexibility index (Phi) is 3.46. The summed E-state index contributed by atoms with van der Waals surface area (Å²) in [5, 5.41) is 5.13. The van der Waals surface area contributed by atoms with Crippen LogP contribution in [0, 0.1) is 0 Å². The van der Waals surface area contributed by atoms with Gasteiger partial charge in [-0.3, -0.25) is 4.79 Å². The van der Waals surface area contributed by atoms with Gasteiger partial charge in [0.25, 0.3) is 5.91 Å². The zero-order chi connectivity index (χ0) is 11.5. The Hall–Kier alpha value is -1.07. The zero-order valence-corrected chi connectivity index (χ0v) is 10.3. The molecule has 0 aromatic carbocycles. The SMILES string of the molecule is COc1csc(C(=O)N2CCNCC2C)c1. The van der Waals surface area contributed by atoms with E-state index in [1.54, 1.807) is 7.11 Å². The van der Waals surface area contributed by atoms with Crippen molar-refractivity contribution in [3.8, 4) is 5.75 Å². The van der Waals surface area contributed by atoms with E-state index in [9.17, 15) is 4.79 Å². The van der Waals surface area contributed by atoms with Gasteiger partial charge in [-0.1, -0.05) is 0 Å². The molecule has 0 aliphatic carbocycles. The molecule has 1 aliphatic rings. The van der Waals surface area contributed by atoms with Gasteiger partial charge in [0, 0.05) is 37.1 Å². The van der Waals surface area contributed by atoms with Crippen LogP contribution in [0.4, 0.5) is 0 Å². The standard InChI is InChI=1S/C11H16N2O2S/c1-8-6-12-3-4-13(8)11(14)10-5-9(15-2)7-16-10/h5,7-8,12H,3-4,6H2,1-2H3. The molecule has 1 unspecified atom stereocenters. The Morgan fingerprint density at radius 3 is 3.12 bits per heavy atom. The van der Waals surface area contributed by atoms with Crippen molar-refractivity contribution >= 4 is 17.2 Å². The van der Waals surface area contributed by atoms with Crippen molar-refractivity contribution in [1.29, 1.82) is 0 Å². The summed E-state index contributed by atoms with van der Waals surface area (Å²) in [5.41, 5.74) is 0. The molecular weight excluding hydrogens is 224 g/mol. The van der Waals surface area contributed by atoms with Crippen molar-refractivity contribution in [3.63, 3.8) is 0 Å². The molecule has 1 aromatic heterocycles. The normalized spacial score (nSPS) is 20.9. The van der Waals surface area contributed by atoms with E-state index in [1.807, 2.05) is 16.3 Å². The molecule has 5 heteroatoms. The van der Waals surface area contributed by atoms with Crippen LogP contribution in [-0.2, 0) is 0 Å². The van der Waals surface area contributed by atoms with Gasteiger partial charge in [0.2, 0.25) is 0 Å². The maximum Gasteiger partial charge on any atom is 0.264 e. The molecule has 0 spiro atoms. The molecule has 88 valence electrons. The van der Waals surface area contributed by atoms with Gasteiger partial charge in [0.05, 0.1) is 12.0 Å². The number of hydrogen-bond donors (Lipinski definition) is 1. The summed E-state index contributed by atoms with van der Waals surface area (Å²) in [6.45, 7) is 4.59. The molecule has 2 heterocycles. The summed E-state index contributed by atoms with van der Waals surface area (Å²) in [4.78, 5) is 14.9. The predicted octanol–water partition coefficient (Wildman–Crippen LogP) is 1.19. The molecule has 1 saturated heterocycles. The van der Waals surface area contributed by atoms with Gasteiger partial charge < -0.3 is 15.0 Å². The smallest absolute Gasteiger partial charge is 0.264 e. The molecule has 1 atom stereocenters. The average molecular weight is 240 g/mol. The number of methoxy groups -OCH3 is 1. The van der Waals surface area contributed by atoms with Crippen LogP contribution < -0.4 is 10.1 Å². The third kappa shape index (κ3) is 2.20. The minimum Gasteiger partial charge on any atom is -0.496 e. The first-order chi connectivity index (χ1) is 7.72. The molecule has 0 saturated carbocycles. The van der Waals surface area contributed by atoms with Gasteiger partial charge in [0.1, 0.15) is 5.75 Å². The van der Waals surface area contributed by atoms with E-state index >= 15 is 0 Å². The molecule has 1 aliphatic heterocycles. The molecule has 1 amide bonds. The number of thiophene rings is 1. The van der Waals surface area contributed by atoms with Crippen LogP contribution in [0.5, 0.6) is 5.75 Å². The lowest BCUT2D eigenvalue weighted by Gasteiger charge is -2.33. The maximum atomic E-state index is 12.2. The Labute approximate surface area is 99.2 Å². The monoisotopic (exact) mass is 240 g/mol. The van der Waals surface area contributed by atoms with Crippen molar-refractivity contribution in [3.05, 3.63) is 16.3 Å². The van der Waals surface area contributed by atoms with Crippen molar-refractivity contribution < 1.29 is 9.53 Å². The van der Waals surface area contributed by atoms with E-state index in [4.69, 9.17) is 4.74 Å². The van der Waals surface area contributed by atoms with Crippen LogP contribution in [0.2, 0.25) is 0 Å². The van der Waals surface area contributed by atoms with E-state index in [-0.39, 0.29) is 11.9 Å². The average Bonchev–Trinajstić information content (AvgIpc) is 2.77. The number of carbonyl (C=O) groups is 1. The molecular formula is C11H16N2O2S. The van der Waals surface area contributed by atoms with Gasteiger partial charge in [-0.05, 0) is 6.92 Å².